The van der Waals surface area contributed by atoms with Crippen molar-refractivity contribution in [3.63, 3.8) is 0 Å². The molecule has 138 valence electrons. The normalized spacial score (nSPS) is 12.5. The Kier molecular flexibility index (Phi) is 7.09. The van der Waals surface area contributed by atoms with E-state index in [9.17, 15) is 0 Å². The summed E-state index contributed by atoms with van der Waals surface area (Å²) >= 11 is 0. The van der Waals surface area contributed by atoms with E-state index in [1.807, 2.05) is 0 Å². The smallest absolute Gasteiger partial charge is 0.200 e. The maximum Gasteiger partial charge on any atom is 0.200 e. The summed E-state index contributed by atoms with van der Waals surface area (Å²) in [5, 5.41) is 2.47. The van der Waals surface area contributed by atoms with Crippen LogP contribution in [0.1, 0.15) is 48.0 Å². The predicted molar refractivity (Wildman–Crippen MR) is 111 cm³/mol. The SMILES string of the molecule is CC(C)[Si](OCCCOc1ccc2ccccc2c1)(C(C)C)C(C)C. The minimum Gasteiger partial charge on any atom is -0.493 e. The Morgan fingerprint density at radius 2 is 1.36 bits per heavy atom. The maximum atomic E-state index is 6.58. The standard InChI is InChI=1S/C22H34O2Si/c1-17(2)25(18(3)4,19(5)6)24-15-9-14-23-22-13-12-20-10-7-8-11-21(20)16-22/h7-8,10-13,16-19H,9,14-15H2,1-6H3. The van der Waals surface area contributed by atoms with Gasteiger partial charge in [0.25, 0.3) is 0 Å². The monoisotopic (exact) mass is 358 g/mol. The van der Waals surface area contributed by atoms with Gasteiger partial charge in [-0.15, -0.1) is 0 Å². The molecule has 0 unspecified atom stereocenters. The molecule has 2 aromatic rings. The zero-order valence-electron chi connectivity index (χ0n) is 16.7. The Labute approximate surface area is 154 Å². The fourth-order valence-electron chi connectivity index (χ4n) is 4.26. The largest absolute Gasteiger partial charge is 0.493 e. The number of benzene rings is 2. The second-order valence-electron chi connectivity index (χ2n) is 7.88. The summed E-state index contributed by atoms with van der Waals surface area (Å²) in [7, 11) is -1.75. The van der Waals surface area contributed by atoms with Crippen molar-refractivity contribution in [2.24, 2.45) is 0 Å². The number of fused-ring (bicyclic) bond motifs is 1. The minimum absolute atomic E-state index is 0.633. The molecule has 2 aromatic carbocycles. The molecule has 0 N–H and O–H groups in total. The van der Waals surface area contributed by atoms with Crippen LogP contribution in [0, 0.1) is 0 Å². The molecule has 2 rings (SSSR count). The summed E-state index contributed by atoms with van der Waals surface area (Å²) in [6.07, 6.45) is 0.938. The summed E-state index contributed by atoms with van der Waals surface area (Å²) < 4.78 is 12.5. The topological polar surface area (TPSA) is 18.5 Å². The Balaban J connectivity index is 1.87. The van der Waals surface area contributed by atoms with Gasteiger partial charge in [-0.1, -0.05) is 71.9 Å². The number of hydrogen-bond donors (Lipinski definition) is 0. The summed E-state index contributed by atoms with van der Waals surface area (Å²) in [4.78, 5) is 0. The molecule has 0 aliphatic carbocycles. The Bertz CT molecular complexity index is 642. The molecule has 0 radical (unpaired) electrons. The van der Waals surface area contributed by atoms with E-state index >= 15 is 0 Å². The van der Waals surface area contributed by atoms with E-state index in [4.69, 9.17) is 9.16 Å². The summed E-state index contributed by atoms with van der Waals surface area (Å²) in [5.41, 5.74) is 1.90. The van der Waals surface area contributed by atoms with Crippen molar-refractivity contribution >= 4 is 19.1 Å². The van der Waals surface area contributed by atoms with Crippen LogP contribution in [-0.4, -0.2) is 21.5 Å². The van der Waals surface area contributed by atoms with Crippen molar-refractivity contribution in [1.29, 1.82) is 0 Å². The van der Waals surface area contributed by atoms with E-state index in [0.29, 0.717) is 23.2 Å². The van der Waals surface area contributed by atoms with Crippen molar-refractivity contribution < 1.29 is 9.16 Å². The fraction of sp³-hybridized carbons (Fsp3) is 0.545. The zero-order chi connectivity index (χ0) is 18.4. The van der Waals surface area contributed by atoms with Crippen LogP contribution in [0.5, 0.6) is 5.75 Å². The van der Waals surface area contributed by atoms with Gasteiger partial charge in [0.2, 0.25) is 0 Å². The van der Waals surface area contributed by atoms with Gasteiger partial charge in [0.1, 0.15) is 5.75 Å². The van der Waals surface area contributed by atoms with Crippen LogP contribution in [0.25, 0.3) is 10.8 Å². The van der Waals surface area contributed by atoms with Gasteiger partial charge in [-0.2, -0.15) is 0 Å². The molecule has 0 bridgehead atoms. The van der Waals surface area contributed by atoms with E-state index in [1.54, 1.807) is 0 Å². The van der Waals surface area contributed by atoms with Crippen molar-refractivity contribution in [3.8, 4) is 5.75 Å². The molecule has 25 heavy (non-hydrogen) atoms. The number of ether oxygens (including phenoxy) is 1. The highest BCUT2D eigenvalue weighted by Crippen LogP contribution is 2.42. The Hall–Kier alpha value is -1.32. The average molecular weight is 359 g/mol. The first-order valence-corrected chi connectivity index (χ1v) is 11.8. The quantitative estimate of drug-likeness (QED) is 0.362. The third kappa shape index (κ3) is 4.65. The summed E-state index contributed by atoms with van der Waals surface area (Å²) in [5.74, 6) is 0.943. The van der Waals surface area contributed by atoms with Crippen molar-refractivity contribution in [3.05, 3.63) is 42.5 Å². The van der Waals surface area contributed by atoms with Crippen LogP contribution in [-0.2, 0) is 4.43 Å². The molecule has 0 aliphatic rings. The third-order valence-corrected chi connectivity index (χ3v) is 11.5. The molecule has 0 aromatic heterocycles. The van der Waals surface area contributed by atoms with E-state index in [-0.39, 0.29) is 0 Å². The van der Waals surface area contributed by atoms with Gasteiger partial charge in [0.15, 0.2) is 8.32 Å². The van der Waals surface area contributed by atoms with E-state index in [0.717, 1.165) is 18.8 Å². The molecule has 0 heterocycles. The number of rotatable bonds is 9. The van der Waals surface area contributed by atoms with Crippen LogP contribution in [0.4, 0.5) is 0 Å². The summed E-state index contributed by atoms with van der Waals surface area (Å²) in [6.45, 7) is 15.5. The van der Waals surface area contributed by atoms with Gasteiger partial charge in [-0.3, -0.25) is 0 Å². The lowest BCUT2D eigenvalue weighted by Crippen LogP contribution is -2.48. The molecule has 0 saturated heterocycles. The van der Waals surface area contributed by atoms with Crippen molar-refractivity contribution in [2.75, 3.05) is 13.2 Å². The number of hydrogen-bond acceptors (Lipinski definition) is 2. The highest BCUT2D eigenvalue weighted by atomic mass is 28.4. The van der Waals surface area contributed by atoms with Gasteiger partial charge >= 0.3 is 0 Å². The highest BCUT2D eigenvalue weighted by Gasteiger charge is 2.44. The predicted octanol–water partition coefficient (Wildman–Crippen LogP) is 6.80. The van der Waals surface area contributed by atoms with E-state index in [2.05, 4.69) is 84.0 Å². The first-order valence-electron chi connectivity index (χ1n) is 9.63. The van der Waals surface area contributed by atoms with Crippen molar-refractivity contribution in [1.82, 2.24) is 0 Å². The van der Waals surface area contributed by atoms with Crippen LogP contribution < -0.4 is 4.74 Å². The van der Waals surface area contributed by atoms with Crippen LogP contribution in [0.15, 0.2) is 42.5 Å². The average Bonchev–Trinajstić information content (AvgIpc) is 2.56. The molecule has 0 saturated carbocycles. The zero-order valence-corrected chi connectivity index (χ0v) is 17.7. The van der Waals surface area contributed by atoms with Gasteiger partial charge < -0.3 is 9.16 Å². The molecule has 0 atom stereocenters. The van der Waals surface area contributed by atoms with E-state index in [1.165, 1.54) is 10.8 Å². The summed E-state index contributed by atoms with van der Waals surface area (Å²) in [6, 6.07) is 14.7. The highest BCUT2D eigenvalue weighted by molar-refractivity contribution is 6.77. The minimum atomic E-state index is -1.75. The molecule has 0 amide bonds. The van der Waals surface area contributed by atoms with Gasteiger partial charge in [0.05, 0.1) is 6.61 Å². The molecular formula is C22H34O2Si. The van der Waals surface area contributed by atoms with Gasteiger partial charge in [-0.05, 0) is 39.5 Å². The van der Waals surface area contributed by atoms with Crippen LogP contribution in [0.3, 0.4) is 0 Å². The first-order chi connectivity index (χ1) is 11.9. The van der Waals surface area contributed by atoms with Crippen LogP contribution >= 0.6 is 0 Å². The molecule has 0 fully saturated rings. The Morgan fingerprint density at radius 3 is 1.96 bits per heavy atom. The van der Waals surface area contributed by atoms with Gasteiger partial charge in [0, 0.05) is 13.0 Å². The molecular weight excluding hydrogens is 324 g/mol. The van der Waals surface area contributed by atoms with Gasteiger partial charge in [-0.25, -0.2) is 0 Å². The lowest BCUT2D eigenvalue weighted by Gasteiger charge is -2.42. The molecule has 3 heteroatoms. The van der Waals surface area contributed by atoms with E-state index < -0.39 is 8.32 Å². The second kappa shape index (κ2) is 8.86. The molecule has 2 nitrogen and oxygen atoms in total. The Morgan fingerprint density at radius 1 is 0.760 bits per heavy atom. The second-order valence-corrected chi connectivity index (χ2v) is 13.3. The maximum absolute atomic E-state index is 6.58. The van der Waals surface area contributed by atoms with Crippen molar-refractivity contribution in [2.45, 2.75) is 64.6 Å². The van der Waals surface area contributed by atoms with Crippen LogP contribution in [0.2, 0.25) is 16.6 Å². The fourth-order valence-corrected chi connectivity index (χ4v) is 9.75. The lowest BCUT2D eigenvalue weighted by atomic mass is 10.1. The first kappa shape index (κ1) is 20.0. The molecule has 0 spiro atoms. The third-order valence-electron chi connectivity index (χ3n) is 5.34. The molecule has 0 aliphatic heterocycles. The lowest BCUT2D eigenvalue weighted by molar-refractivity contribution is 0.228.